The van der Waals surface area contributed by atoms with E-state index in [-0.39, 0.29) is 0 Å². The lowest BCUT2D eigenvalue weighted by atomic mass is 9.48. The van der Waals surface area contributed by atoms with E-state index in [1.807, 2.05) is 5.57 Å². The molecule has 0 spiro atoms. The first-order chi connectivity index (χ1) is 20.3. The Morgan fingerprint density at radius 3 is 1.95 bits per heavy atom. The summed E-state index contributed by atoms with van der Waals surface area (Å²) in [5.74, 6) is 23.6. The van der Waals surface area contributed by atoms with Crippen molar-refractivity contribution in [3.8, 4) is 0 Å². The largest absolute Gasteiger partial charge is 0.0949 e. The van der Waals surface area contributed by atoms with Crippen LogP contribution in [0.5, 0.6) is 0 Å². The highest BCUT2D eigenvalue weighted by atomic mass is 14.8. The molecule has 0 N–H and O–H groups in total. The van der Waals surface area contributed by atoms with Crippen LogP contribution in [0.4, 0.5) is 0 Å². The summed E-state index contributed by atoms with van der Waals surface area (Å²) in [7, 11) is 0. The van der Waals surface area contributed by atoms with Crippen molar-refractivity contribution < 1.29 is 0 Å². The van der Waals surface area contributed by atoms with Gasteiger partial charge in [0.25, 0.3) is 0 Å². The van der Waals surface area contributed by atoms with Crippen molar-refractivity contribution in [3.05, 3.63) is 58.7 Å². The van der Waals surface area contributed by atoms with Crippen LogP contribution in [0.25, 0.3) is 0 Å². The Morgan fingerprint density at radius 1 is 0.415 bits per heavy atom. The molecule has 0 radical (unpaired) electrons. The van der Waals surface area contributed by atoms with E-state index in [4.69, 9.17) is 6.58 Å². The molecule has 208 valence electrons. The lowest BCUT2D eigenvalue weighted by molar-refractivity contribution is -0.0459. The van der Waals surface area contributed by atoms with Gasteiger partial charge in [-0.05, 0) is 204 Å². The monoisotopic (exact) mass is 536 g/mol. The third-order valence-corrected chi connectivity index (χ3v) is 20.0. The van der Waals surface area contributed by atoms with Crippen molar-refractivity contribution in [2.24, 2.45) is 142 Å². The van der Waals surface area contributed by atoms with Crippen molar-refractivity contribution in [2.75, 3.05) is 0 Å². The van der Waals surface area contributed by atoms with Crippen molar-refractivity contribution in [2.45, 2.75) is 44.9 Å². The SMILES string of the molecule is C=C1C2=C3C4C5CCC6C7CCC8C9CCC%10C%11C=CC%12C%13C=CC5C3C%13C3=C2C2C1C(C8C7CC64)C9C%10C2C%11C3%12. The van der Waals surface area contributed by atoms with Crippen LogP contribution in [0.2, 0.25) is 0 Å². The van der Waals surface area contributed by atoms with Gasteiger partial charge in [-0.15, -0.1) is 0 Å². The highest BCUT2D eigenvalue weighted by Crippen LogP contribution is 2.85. The number of hydrogen-bond donors (Lipinski definition) is 0. The van der Waals surface area contributed by atoms with Crippen LogP contribution in [0.1, 0.15) is 44.9 Å². The molecule has 0 aromatic heterocycles. The number of fused-ring (bicyclic) bond motifs is 4. The molecule has 0 aromatic rings. The van der Waals surface area contributed by atoms with E-state index in [0.717, 1.165) is 142 Å². The first-order valence-electron chi connectivity index (χ1n) is 18.9. The lowest BCUT2D eigenvalue weighted by Gasteiger charge is -2.55. The van der Waals surface area contributed by atoms with Crippen molar-refractivity contribution in [1.82, 2.24) is 0 Å². The quantitative estimate of drug-likeness (QED) is 0.275. The average molecular weight is 537 g/mol. The summed E-state index contributed by atoms with van der Waals surface area (Å²) < 4.78 is 0. The summed E-state index contributed by atoms with van der Waals surface area (Å²) in [6, 6.07) is 0. The Kier molecular flexibility index (Phi) is 2.96. The van der Waals surface area contributed by atoms with Gasteiger partial charge < -0.3 is 0 Å². The van der Waals surface area contributed by atoms with E-state index >= 15 is 0 Å². The van der Waals surface area contributed by atoms with E-state index < -0.39 is 0 Å². The standard InChI is InChI=1S/C41H44/c1-13-26-36-28-16-4-2-14-15-3-5-17-19-7-9-21-23-11-10-22-20-8-6-18(16)30(36)32(20)40-34(22)35(23)41-33(21)31(19)37(27(13)39(41)38(26)40)29(17)25(15)12-24(14)28/h6,8,10-11,14-25,27-35,37,39,41H,1-5,7,9,12H2. The molecule has 10 saturated carbocycles. The molecule has 0 heterocycles. The molecule has 0 amide bonds. The third-order valence-electron chi connectivity index (χ3n) is 20.0. The molecule has 0 heteroatoms. The Balaban J connectivity index is 1.14. The Labute approximate surface area is 245 Å². The van der Waals surface area contributed by atoms with Crippen molar-refractivity contribution >= 4 is 0 Å². The Morgan fingerprint density at radius 2 is 1.05 bits per heavy atom. The van der Waals surface area contributed by atoms with Crippen LogP contribution < -0.4 is 0 Å². The van der Waals surface area contributed by atoms with E-state index in [1.165, 1.54) is 0 Å². The molecule has 24 unspecified atom stereocenters. The number of rotatable bonds is 0. The molecule has 15 aliphatic carbocycles. The zero-order valence-electron chi connectivity index (χ0n) is 24.3. The lowest BCUT2D eigenvalue weighted by Crippen LogP contribution is -2.51. The van der Waals surface area contributed by atoms with Gasteiger partial charge in [-0.2, -0.15) is 0 Å². The highest BCUT2D eigenvalue weighted by Gasteiger charge is 2.79. The van der Waals surface area contributed by atoms with Crippen molar-refractivity contribution in [3.63, 3.8) is 0 Å². The van der Waals surface area contributed by atoms with Gasteiger partial charge in [0.1, 0.15) is 0 Å². The molecule has 15 rings (SSSR count). The second kappa shape index (κ2) is 5.88. The minimum absolute atomic E-state index is 0.820. The highest BCUT2D eigenvalue weighted by molar-refractivity contribution is 5.68. The van der Waals surface area contributed by atoms with Crippen LogP contribution >= 0.6 is 0 Å². The fourth-order valence-corrected chi connectivity index (χ4v) is 20.5. The third kappa shape index (κ3) is 1.69. The predicted octanol–water partition coefficient (Wildman–Crippen LogP) is 7.97. The maximum Gasteiger partial charge on any atom is -0.00501 e. The Bertz CT molecular complexity index is 1580. The molecule has 0 saturated heterocycles. The maximum atomic E-state index is 5.36. The van der Waals surface area contributed by atoms with E-state index in [9.17, 15) is 0 Å². The van der Waals surface area contributed by atoms with Crippen LogP contribution in [-0.2, 0) is 0 Å². The van der Waals surface area contributed by atoms with Gasteiger partial charge in [-0.1, -0.05) is 42.0 Å². The van der Waals surface area contributed by atoms with Gasteiger partial charge in [-0.25, -0.2) is 0 Å². The van der Waals surface area contributed by atoms with Crippen LogP contribution in [-0.4, -0.2) is 0 Å². The predicted molar refractivity (Wildman–Crippen MR) is 158 cm³/mol. The minimum atomic E-state index is 0.820. The van der Waals surface area contributed by atoms with Gasteiger partial charge in [-0.3, -0.25) is 0 Å². The molecule has 10 fully saturated rings. The van der Waals surface area contributed by atoms with Crippen LogP contribution in [0, 0.1) is 142 Å². The smallest absolute Gasteiger partial charge is 0.00501 e. The summed E-state index contributed by atoms with van der Waals surface area (Å²) in [5.41, 5.74) is 10.1. The summed E-state index contributed by atoms with van der Waals surface area (Å²) in [4.78, 5) is 0. The fraction of sp³-hybridized carbons (Fsp3) is 0.756. The van der Waals surface area contributed by atoms with E-state index in [1.54, 1.807) is 50.5 Å². The molecular weight excluding hydrogens is 492 g/mol. The van der Waals surface area contributed by atoms with Crippen molar-refractivity contribution in [1.29, 1.82) is 0 Å². The van der Waals surface area contributed by atoms with Crippen LogP contribution in [0.3, 0.4) is 0 Å². The molecule has 41 heavy (non-hydrogen) atoms. The van der Waals surface area contributed by atoms with E-state index in [2.05, 4.69) is 41.0 Å². The molecule has 0 aliphatic heterocycles. The first kappa shape index (κ1) is 20.6. The molecule has 0 aromatic carbocycles. The first-order valence-corrected chi connectivity index (χ1v) is 18.9. The fourth-order valence-electron chi connectivity index (χ4n) is 20.5. The normalized spacial score (nSPS) is 73.3. The van der Waals surface area contributed by atoms with Gasteiger partial charge in [0.15, 0.2) is 0 Å². The topological polar surface area (TPSA) is 0 Å². The summed E-state index contributed by atoms with van der Waals surface area (Å²) in [5, 5.41) is 0. The molecular formula is C41H44. The maximum absolute atomic E-state index is 5.36. The number of hydrogen-bond acceptors (Lipinski definition) is 0. The molecule has 15 aliphatic rings. The second-order valence-electron chi connectivity index (χ2n) is 19.2. The minimum Gasteiger partial charge on any atom is -0.0949 e. The number of allylic oxidation sites excluding steroid dienone is 9. The summed E-state index contributed by atoms with van der Waals surface area (Å²) in [6.45, 7) is 5.36. The van der Waals surface area contributed by atoms with Crippen LogP contribution in [0.15, 0.2) is 58.7 Å². The second-order valence-corrected chi connectivity index (χ2v) is 19.2. The molecule has 12 bridgehead atoms. The van der Waals surface area contributed by atoms with Gasteiger partial charge in [0, 0.05) is 0 Å². The van der Waals surface area contributed by atoms with Gasteiger partial charge >= 0.3 is 0 Å². The molecule has 0 nitrogen and oxygen atoms in total. The van der Waals surface area contributed by atoms with E-state index in [0.29, 0.717) is 0 Å². The Hall–Kier alpha value is -1.30. The zero-order valence-corrected chi connectivity index (χ0v) is 24.3. The zero-order chi connectivity index (χ0) is 25.5. The summed E-state index contributed by atoms with van der Waals surface area (Å²) in [6.07, 6.45) is 22.8. The van der Waals surface area contributed by atoms with Gasteiger partial charge in [0.2, 0.25) is 0 Å². The average Bonchev–Trinajstić information content (AvgIpc) is 3.80. The molecule has 24 atom stereocenters. The summed E-state index contributed by atoms with van der Waals surface area (Å²) >= 11 is 0. The van der Waals surface area contributed by atoms with Gasteiger partial charge in [0.05, 0.1) is 0 Å².